The number of aromatic nitrogens is 5. The lowest BCUT2D eigenvalue weighted by molar-refractivity contribution is 0.413. The minimum absolute atomic E-state index is 0.491. The predicted octanol–water partition coefficient (Wildman–Crippen LogP) is 4.61. The number of ether oxygens (including phenoxy) is 1. The van der Waals surface area contributed by atoms with Crippen molar-refractivity contribution >= 4 is 23.0 Å². The molecule has 8 nitrogen and oxygen atoms in total. The zero-order valence-corrected chi connectivity index (χ0v) is 18.8. The Labute approximate surface area is 191 Å². The SMILES string of the molecule is CNc1nc(Nc2ccc(-n3cnc(C)c3)c(OC)c2)nn2c(Cc3ccccc3)ccc12. The molecule has 0 saturated heterocycles. The third-order valence-electron chi connectivity index (χ3n) is 5.48. The number of methoxy groups -OCH3 is 1. The summed E-state index contributed by atoms with van der Waals surface area (Å²) in [6.07, 6.45) is 4.51. The summed E-state index contributed by atoms with van der Waals surface area (Å²) in [7, 11) is 3.52. The van der Waals surface area contributed by atoms with Crippen molar-refractivity contribution in [3.63, 3.8) is 0 Å². The maximum atomic E-state index is 5.63. The summed E-state index contributed by atoms with van der Waals surface area (Å²) in [5.41, 5.74) is 5.92. The standard InChI is InChI=1S/C25H25N7O/c1-17-15-31(16-27-17)21-11-9-19(14-23(21)33-3)28-25-29-24(26-2)22-12-10-20(32(22)30-25)13-18-7-5-4-6-8-18/h4-12,14-16H,13H2,1-3H3,(H2,26,28,29,30). The fourth-order valence-electron chi connectivity index (χ4n) is 3.88. The summed E-state index contributed by atoms with van der Waals surface area (Å²) in [6.45, 7) is 1.96. The highest BCUT2D eigenvalue weighted by Crippen LogP contribution is 2.29. The third kappa shape index (κ3) is 4.10. The molecule has 166 valence electrons. The Morgan fingerprint density at radius 3 is 2.61 bits per heavy atom. The van der Waals surface area contributed by atoms with E-state index in [1.807, 2.05) is 71.7 Å². The molecule has 0 aliphatic heterocycles. The van der Waals surface area contributed by atoms with Crippen LogP contribution >= 0.6 is 0 Å². The molecule has 33 heavy (non-hydrogen) atoms. The maximum Gasteiger partial charge on any atom is 0.247 e. The van der Waals surface area contributed by atoms with Gasteiger partial charge in [-0.3, -0.25) is 0 Å². The Morgan fingerprint density at radius 1 is 1.03 bits per heavy atom. The average molecular weight is 440 g/mol. The minimum Gasteiger partial charge on any atom is -0.494 e. The van der Waals surface area contributed by atoms with Crippen LogP contribution in [-0.4, -0.2) is 38.3 Å². The summed E-state index contributed by atoms with van der Waals surface area (Å²) < 4.78 is 9.51. The molecule has 0 aliphatic rings. The summed E-state index contributed by atoms with van der Waals surface area (Å²) in [5.74, 6) is 1.97. The number of hydrogen-bond acceptors (Lipinski definition) is 6. The molecular weight excluding hydrogens is 414 g/mol. The summed E-state index contributed by atoms with van der Waals surface area (Å²) in [6, 6.07) is 20.4. The molecule has 5 rings (SSSR count). The fraction of sp³-hybridized carbons (Fsp3) is 0.160. The second kappa shape index (κ2) is 8.66. The molecule has 2 N–H and O–H groups in total. The minimum atomic E-state index is 0.491. The van der Waals surface area contributed by atoms with Crippen LogP contribution in [0.5, 0.6) is 5.75 Å². The van der Waals surface area contributed by atoms with Crippen LogP contribution in [0.2, 0.25) is 0 Å². The number of nitrogens with zero attached hydrogens (tertiary/aromatic N) is 5. The number of rotatable bonds is 7. The molecule has 0 saturated carbocycles. The van der Waals surface area contributed by atoms with Gasteiger partial charge in [0.2, 0.25) is 5.95 Å². The summed E-state index contributed by atoms with van der Waals surface area (Å²) >= 11 is 0. The molecule has 0 atom stereocenters. The smallest absolute Gasteiger partial charge is 0.247 e. The van der Waals surface area contributed by atoms with Gasteiger partial charge in [0.15, 0.2) is 5.82 Å². The van der Waals surface area contributed by atoms with E-state index in [0.717, 1.165) is 46.3 Å². The molecule has 0 bridgehead atoms. The highest BCUT2D eigenvalue weighted by Gasteiger charge is 2.13. The first-order valence-electron chi connectivity index (χ1n) is 10.7. The van der Waals surface area contributed by atoms with Gasteiger partial charge in [-0.2, -0.15) is 4.98 Å². The Kier molecular flexibility index (Phi) is 5.40. The van der Waals surface area contributed by atoms with Crippen LogP contribution in [0.4, 0.5) is 17.5 Å². The van der Waals surface area contributed by atoms with Crippen LogP contribution in [0.1, 0.15) is 17.0 Å². The highest BCUT2D eigenvalue weighted by molar-refractivity contribution is 5.71. The van der Waals surface area contributed by atoms with Crippen LogP contribution in [0, 0.1) is 6.92 Å². The number of nitrogens with one attached hydrogen (secondary N) is 2. The maximum absolute atomic E-state index is 5.63. The van der Waals surface area contributed by atoms with Crippen molar-refractivity contribution in [3.8, 4) is 11.4 Å². The van der Waals surface area contributed by atoms with E-state index in [4.69, 9.17) is 9.84 Å². The zero-order valence-electron chi connectivity index (χ0n) is 18.8. The number of anilines is 3. The molecule has 0 amide bonds. The zero-order chi connectivity index (χ0) is 22.8. The molecule has 0 unspecified atom stereocenters. The molecule has 2 aromatic carbocycles. The van der Waals surface area contributed by atoms with E-state index in [9.17, 15) is 0 Å². The number of aryl methyl sites for hydroxylation is 1. The molecular formula is C25H25N7O. The summed E-state index contributed by atoms with van der Waals surface area (Å²) in [5, 5.41) is 11.3. The van der Waals surface area contributed by atoms with Crippen molar-refractivity contribution in [1.82, 2.24) is 24.1 Å². The van der Waals surface area contributed by atoms with E-state index < -0.39 is 0 Å². The van der Waals surface area contributed by atoms with E-state index >= 15 is 0 Å². The van der Waals surface area contributed by atoms with Gasteiger partial charge in [0, 0.05) is 37.1 Å². The van der Waals surface area contributed by atoms with Crippen LogP contribution in [-0.2, 0) is 6.42 Å². The second-order valence-electron chi connectivity index (χ2n) is 7.75. The lowest BCUT2D eigenvalue weighted by Crippen LogP contribution is -2.08. The summed E-state index contributed by atoms with van der Waals surface area (Å²) in [4.78, 5) is 8.97. The highest BCUT2D eigenvalue weighted by atomic mass is 16.5. The first-order valence-corrected chi connectivity index (χ1v) is 10.7. The topological polar surface area (TPSA) is 81.3 Å². The molecule has 0 aliphatic carbocycles. The molecule has 3 aromatic heterocycles. The van der Waals surface area contributed by atoms with Gasteiger partial charge in [-0.25, -0.2) is 9.50 Å². The van der Waals surface area contributed by atoms with Gasteiger partial charge < -0.3 is 19.9 Å². The van der Waals surface area contributed by atoms with Gasteiger partial charge in [0.05, 0.1) is 24.8 Å². The van der Waals surface area contributed by atoms with Gasteiger partial charge in [-0.05, 0) is 36.8 Å². The van der Waals surface area contributed by atoms with Crippen molar-refractivity contribution in [1.29, 1.82) is 0 Å². The van der Waals surface area contributed by atoms with Crippen LogP contribution in [0.25, 0.3) is 11.2 Å². The van der Waals surface area contributed by atoms with Crippen molar-refractivity contribution in [3.05, 3.63) is 90.1 Å². The van der Waals surface area contributed by atoms with Gasteiger partial charge in [-0.1, -0.05) is 30.3 Å². The lowest BCUT2D eigenvalue weighted by Gasteiger charge is -2.13. The molecule has 0 fully saturated rings. The molecule has 0 radical (unpaired) electrons. The first-order chi connectivity index (χ1) is 16.1. The number of hydrogen-bond donors (Lipinski definition) is 2. The molecule has 0 spiro atoms. The molecule has 3 heterocycles. The third-order valence-corrected chi connectivity index (χ3v) is 5.48. The van der Waals surface area contributed by atoms with Crippen molar-refractivity contribution < 1.29 is 4.74 Å². The number of imidazole rings is 1. The lowest BCUT2D eigenvalue weighted by atomic mass is 10.1. The Morgan fingerprint density at radius 2 is 1.88 bits per heavy atom. The quantitative estimate of drug-likeness (QED) is 0.386. The van der Waals surface area contributed by atoms with Gasteiger partial charge in [0.25, 0.3) is 0 Å². The average Bonchev–Trinajstić information content (AvgIpc) is 3.45. The van der Waals surface area contributed by atoms with Crippen molar-refractivity contribution in [2.75, 3.05) is 24.8 Å². The van der Waals surface area contributed by atoms with Crippen LogP contribution < -0.4 is 15.4 Å². The van der Waals surface area contributed by atoms with Crippen LogP contribution in [0.3, 0.4) is 0 Å². The fourth-order valence-corrected chi connectivity index (χ4v) is 3.88. The van der Waals surface area contributed by atoms with Crippen molar-refractivity contribution in [2.24, 2.45) is 0 Å². The largest absolute Gasteiger partial charge is 0.494 e. The number of benzene rings is 2. The molecule has 8 heteroatoms. The molecule has 5 aromatic rings. The normalized spacial score (nSPS) is 11.0. The Bertz CT molecular complexity index is 1410. The van der Waals surface area contributed by atoms with Crippen molar-refractivity contribution in [2.45, 2.75) is 13.3 Å². The Balaban J connectivity index is 1.49. The van der Waals surface area contributed by atoms with E-state index in [0.29, 0.717) is 5.95 Å². The Hall–Kier alpha value is -4.33. The van der Waals surface area contributed by atoms with Gasteiger partial charge >= 0.3 is 0 Å². The van der Waals surface area contributed by atoms with E-state index in [2.05, 4.69) is 38.8 Å². The predicted molar refractivity (Wildman–Crippen MR) is 130 cm³/mol. The van der Waals surface area contributed by atoms with Gasteiger partial charge in [0.1, 0.15) is 11.3 Å². The van der Waals surface area contributed by atoms with Gasteiger partial charge in [-0.15, -0.1) is 5.10 Å². The van der Waals surface area contributed by atoms with E-state index in [-0.39, 0.29) is 0 Å². The monoisotopic (exact) mass is 439 g/mol. The van der Waals surface area contributed by atoms with E-state index in [1.54, 1.807) is 13.4 Å². The second-order valence-corrected chi connectivity index (χ2v) is 7.75. The van der Waals surface area contributed by atoms with Crippen LogP contribution in [0.15, 0.2) is 73.2 Å². The number of fused-ring (bicyclic) bond motifs is 1. The first kappa shape index (κ1) is 20.6. The van der Waals surface area contributed by atoms with E-state index in [1.165, 1.54) is 5.56 Å².